The van der Waals surface area contributed by atoms with E-state index in [1.54, 1.807) is 4.68 Å². The number of nitrogens with one attached hydrogen (secondary N) is 1. The summed E-state index contributed by atoms with van der Waals surface area (Å²) < 4.78 is 1.64. The summed E-state index contributed by atoms with van der Waals surface area (Å²) in [6.07, 6.45) is 0. The number of hydrogen-bond donors (Lipinski definition) is 1. The topological polar surface area (TPSA) is 79.2 Å². The van der Waals surface area contributed by atoms with Crippen LogP contribution in [0.1, 0.15) is 12.5 Å². The number of anilines is 2. The molecule has 162 valence electrons. The zero-order valence-electron chi connectivity index (χ0n) is 17.9. The molecule has 1 aliphatic heterocycles. The van der Waals surface area contributed by atoms with E-state index in [9.17, 15) is 4.79 Å². The van der Waals surface area contributed by atoms with Gasteiger partial charge in [0.1, 0.15) is 0 Å². The number of benzene rings is 2. The Hall–Kier alpha value is -2.91. The number of aromatic nitrogens is 4. The summed E-state index contributed by atoms with van der Waals surface area (Å²) in [4.78, 5) is 17.3. The van der Waals surface area contributed by atoms with Crippen LogP contribution in [0.3, 0.4) is 0 Å². The molecule has 2 heterocycles. The number of piperazine rings is 1. The highest BCUT2D eigenvalue weighted by atomic mass is 32.2. The van der Waals surface area contributed by atoms with E-state index in [4.69, 9.17) is 0 Å². The number of likely N-dealkylation sites (N-methyl/N-ethyl adjacent to an activating group) is 1. The van der Waals surface area contributed by atoms with Crippen LogP contribution in [0.4, 0.5) is 11.4 Å². The zero-order chi connectivity index (χ0) is 21.6. The molecule has 0 spiro atoms. The fourth-order valence-electron chi connectivity index (χ4n) is 3.52. The van der Waals surface area contributed by atoms with Crippen molar-refractivity contribution < 1.29 is 4.79 Å². The number of tetrazole rings is 1. The lowest BCUT2D eigenvalue weighted by Gasteiger charge is -2.35. The number of nitrogens with zero attached hydrogens (tertiary/aromatic N) is 6. The first-order chi connectivity index (χ1) is 15.1. The minimum absolute atomic E-state index is 0.0900. The maximum absolute atomic E-state index is 12.4. The van der Waals surface area contributed by atoms with E-state index in [2.05, 4.69) is 49.7 Å². The van der Waals surface area contributed by atoms with Gasteiger partial charge < -0.3 is 15.1 Å². The molecule has 0 aliphatic carbocycles. The van der Waals surface area contributed by atoms with Gasteiger partial charge >= 0.3 is 0 Å². The summed E-state index contributed by atoms with van der Waals surface area (Å²) in [6.45, 7) is 9.59. The average molecular weight is 438 g/mol. The average Bonchev–Trinajstić information content (AvgIpc) is 3.27. The van der Waals surface area contributed by atoms with Gasteiger partial charge in [-0.1, -0.05) is 36.4 Å². The highest BCUT2D eigenvalue weighted by Crippen LogP contribution is 2.21. The van der Waals surface area contributed by atoms with Crippen molar-refractivity contribution >= 4 is 29.0 Å². The molecule has 4 rings (SSSR count). The van der Waals surface area contributed by atoms with Gasteiger partial charge in [-0.3, -0.25) is 4.79 Å². The summed E-state index contributed by atoms with van der Waals surface area (Å²) in [6, 6.07) is 16.0. The number of carbonyl (C=O) groups excluding carboxylic acids is 1. The highest BCUT2D eigenvalue weighted by molar-refractivity contribution is 7.99. The van der Waals surface area contributed by atoms with E-state index in [0.717, 1.165) is 44.1 Å². The van der Waals surface area contributed by atoms with E-state index >= 15 is 0 Å². The first-order valence-electron chi connectivity index (χ1n) is 10.5. The van der Waals surface area contributed by atoms with Crippen molar-refractivity contribution in [3.05, 3.63) is 54.1 Å². The van der Waals surface area contributed by atoms with Gasteiger partial charge in [0.05, 0.1) is 11.4 Å². The molecule has 1 fully saturated rings. The molecule has 0 unspecified atom stereocenters. The third-order valence-electron chi connectivity index (χ3n) is 5.39. The second-order valence-electron chi connectivity index (χ2n) is 7.51. The largest absolute Gasteiger partial charge is 0.369 e. The number of rotatable bonds is 7. The number of amides is 1. The van der Waals surface area contributed by atoms with E-state index in [1.165, 1.54) is 23.0 Å². The number of carbonyl (C=O) groups is 1. The molecule has 0 atom stereocenters. The second-order valence-corrected chi connectivity index (χ2v) is 8.46. The van der Waals surface area contributed by atoms with Crippen LogP contribution in [0.2, 0.25) is 0 Å². The van der Waals surface area contributed by atoms with Gasteiger partial charge in [0.15, 0.2) is 0 Å². The zero-order valence-corrected chi connectivity index (χ0v) is 18.7. The highest BCUT2D eigenvalue weighted by Gasteiger charge is 2.16. The molecule has 9 heteroatoms. The van der Waals surface area contributed by atoms with Crippen molar-refractivity contribution in [1.82, 2.24) is 25.1 Å². The lowest BCUT2D eigenvalue weighted by atomic mass is 10.2. The van der Waals surface area contributed by atoms with Crippen molar-refractivity contribution in [2.75, 3.05) is 48.7 Å². The first-order valence-corrected chi connectivity index (χ1v) is 11.5. The summed E-state index contributed by atoms with van der Waals surface area (Å²) in [5, 5.41) is 15.4. The van der Waals surface area contributed by atoms with Gasteiger partial charge in [-0.15, -0.1) is 5.10 Å². The molecule has 0 radical (unpaired) electrons. The molecule has 0 saturated carbocycles. The number of thioether (sulfide) groups is 1. The first kappa shape index (κ1) is 21.3. The SMILES string of the molecule is CCN1CCN(c2ccc(NC(=O)CSc3nnnn3-c3ccc(C)cc3)cc2)CC1. The van der Waals surface area contributed by atoms with Crippen LogP contribution >= 0.6 is 11.8 Å². The Kier molecular flexibility index (Phi) is 6.83. The van der Waals surface area contributed by atoms with Crippen molar-refractivity contribution in [2.45, 2.75) is 19.0 Å². The van der Waals surface area contributed by atoms with Crippen LogP contribution in [0.25, 0.3) is 5.69 Å². The normalized spacial score (nSPS) is 14.6. The van der Waals surface area contributed by atoms with Crippen molar-refractivity contribution in [3.63, 3.8) is 0 Å². The Labute approximate surface area is 186 Å². The third kappa shape index (κ3) is 5.42. The maximum atomic E-state index is 12.4. The van der Waals surface area contributed by atoms with Gasteiger partial charge in [-0.05, 0) is 60.3 Å². The monoisotopic (exact) mass is 437 g/mol. The number of hydrogen-bond acceptors (Lipinski definition) is 7. The number of aryl methyl sites for hydroxylation is 1. The second kappa shape index (κ2) is 9.93. The molecule has 2 aromatic carbocycles. The quantitative estimate of drug-likeness (QED) is 0.570. The van der Waals surface area contributed by atoms with Crippen LogP contribution in [-0.4, -0.2) is 69.5 Å². The van der Waals surface area contributed by atoms with Gasteiger partial charge in [-0.25, -0.2) is 0 Å². The molecule has 1 N–H and O–H groups in total. The predicted octanol–water partition coefficient (Wildman–Crippen LogP) is 2.84. The van der Waals surface area contributed by atoms with Crippen LogP contribution in [0.5, 0.6) is 0 Å². The van der Waals surface area contributed by atoms with E-state index in [1.807, 2.05) is 43.3 Å². The van der Waals surface area contributed by atoms with Crippen LogP contribution in [0, 0.1) is 6.92 Å². The fourth-order valence-corrected chi connectivity index (χ4v) is 4.21. The van der Waals surface area contributed by atoms with E-state index in [-0.39, 0.29) is 11.7 Å². The minimum atomic E-state index is -0.0900. The van der Waals surface area contributed by atoms with Crippen LogP contribution in [0.15, 0.2) is 53.7 Å². The maximum Gasteiger partial charge on any atom is 0.234 e. The molecule has 8 nitrogen and oxygen atoms in total. The molecule has 1 saturated heterocycles. The van der Waals surface area contributed by atoms with Gasteiger partial charge in [0.2, 0.25) is 11.1 Å². The Morgan fingerprint density at radius 3 is 2.35 bits per heavy atom. The van der Waals surface area contributed by atoms with Gasteiger partial charge in [0, 0.05) is 37.6 Å². The minimum Gasteiger partial charge on any atom is -0.369 e. The Morgan fingerprint density at radius 2 is 1.68 bits per heavy atom. The van der Waals surface area contributed by atoms with E-state index in [0.29, 0.717) is 5.16 Å². The predicted molar refractivity (Wildman–Crippen MR) is 124 cm³/mol. The van der Waals surface area contributed by atoms with Crippen LogP contribution < -0.4 is 10.2 Å². The lowest BCUT2D eigenvalue weighted by molar-refractivity contribution is -0.113. The molecular formula is C22H27N7OS. The lowest BCUT2D eigenvalue weighted by Crippen LogP contribution is -2.46. The van der Waals surface area contributed by atoms with Crippen LogP contribution in [-0.2, 0) is 4.79 Å². The Morgan fingerprint density at radius 1 is 1.00 bits per heavy atom. The Bertz CT molecular complexity index is 995. The summed E-state index contributed by atoms with van der Waals surface area (Å²) in [5.41, 5.74) is 4.02. The van der Waals surface area contributed by atoms with Crippen molar-refractivity contribution in [1.29, 1.82) is 0 Å². The summed E-state index contributed by atoms with van der Waals surface area (Å²) >= 11 is 1.31. The standard InChI is InChI=1S/C22H27N7OS/c1-3-27-12-14-28(15-13-27)19-10-6-18(7-11-19)23-21(30)16-31-22-24-25-26-29(22)20-8-4-17(2)5-9-20/h4-11H,3,12-16H2,1-2H3,(H,23,30). The molecule has 1 amide bonds. The van der Waals surface area contributed by atoms with E-state index < -0.39 is 0 Å². The molecule has 0 bridgehead atoms. The molecule has 1 aliphatic rings. The molecule has 3 aromatic rings. The molecular weight excluding hydrogens is 410 g/mol. The smallest absolute Gasteiger partial charge is 0.234 e. The van der Waals surface area contributed by atoms with Gasteiger partial charge in [-0.2, -0.15) is 4.68 Å². The third-order valence-corrected chi connectivity index (χ3v) is 6.31. The fraction of sp³-hybridized carbons (Fsp3) is 0.364. The summed E-state index contributed by atoms with van der Waals surface area (Å²) in [7, 11) is 0. The summed E-state index contributed by atoms with van der Waals surface area (Å²) in [5.74, 6) is 0.139. The molecule has 1 aromatic heterocycles. The van der Waals surface area contributed by atoms with Gasteiger partial charge in [0.25, 0.3) is 0 Å². The Balaban J connectivity index is 1.30. The molecule has 31 heavy (non-hydrogen) atoms. The van der Waals surface area contributed by atoms with Crippen molar-refractivity contribution in [2.24, 2.45) is 0 Å². The van der Waals surface area contributed by atoms with Crippen molar-refractivity contribution in [3.8, 4) is 5.69 Å².